The molecule has 1 aliphatic heterocycles. The lowest BCUT2D eigenvalue weighted by atomic mass is 10.1. The molecule has 32 heavy (non-hydrogen) atoms. The van der Waals surface area contributed by atoms with E-state index in [1.54, 1.807) is 6.07 Å². The Morgan fingerprint density at radius 3 is 2.12 bits per heavy atom. The quantitative estimate of drug-likeness (QED) is 0.337. The summed E-state index contributed by atoms with van der Waals surface area (Å²) in [6, 6.07) is 17.5. The highest BCUT2D eigenvalue weighted by atomic mass is 16.5. The highest BCUT2D eigenvalue weighted by Crippen LogP contribution is 2.24. The van der Waals surface area contributed by atoms with Gasteiger partial charge < -0.3 is 9.30 Å². The summed E-state index contributed by atoms with van der Waals surface area (Å²) in [7, 11) is 0. The maximum atomic E-state index is 12.7. The molecule has 0 spiro atoms. The summed E-state index contributed by atoms with van der Waals surface area (Å²) < 4.78 is 7.20. The van der Waals surface area contributed by atoms with Crippen LogP contribution in [0.2, 0.25) is 0 Å². The third-order valence-corrected chi connectivity index (χ3v) is 5.49. The first-order valence-corrected chi connectivity index (χ1v) is 10.3. The minimum Gasteiger partial charge on any atom is -0.454 e. The van der Waals surface area contributed by atoms with Crippen molar-refractivity contribution in [2.75, 3.05) is 11.5 Å². The van der Waals surface area contributed by atoms with E-state index in [0.717, 1.165) is 22.0 Å². The SMILES string of the molecule is Cc1cc(C(=O)COC(=O)c2ccc(N3C(=O)CCC3=O)cc2)c(C)n1-c1ccccc1. The van der Waals surface area contributed by atoms with Gasteiger partial charge >= 0.3 is 5.97 Å². The summed E-state index contributed by atoms with van der Waals surface area (Å²) in [5, 5.41) is 0. The lowest BCUT2D eigenvalue weighted by Crippen LogP contribution is -2.28. The van der Waals surface area contributed by atoms with Gasteiger partial charge in [-0.1, -0.05) is 18.2 Å². The minimum atomic E-state index is -0.652. The van der Waals surface area contributed by atoms with Crippen LogP contribution in [0.25, 0.3) is 5.69 Å². The van der Waals surface area contributed by atoms with Crippen LogP contribution in [0.4, 0.5) is 5.69 Å². The first kappa shape index (κ1) is 21.2. The van der Waals surface area contributed by atoms with E-state index < -0.39 is 5.97 Å². The zero-order valence-corrected chi connectivity index (χ0v) is 17.8. The second-order valence-electron chi connectivity index (χ2n) is 7.62. The maximum Gasteiger partial charge on any atom is 0.338 e. The van der Waals surface area contributed by atoms with E-state index in [1.165, 1.54) is 24.3 Å². The number of amides is 2. The molecule has 2 amide bonds. The number of ketones is 1. The van der Waals surface area contributed by atoms with Crippen LogP contribution >= 0.6 is 0 Å². The molecule has 1 fully saturated rings. The van der Waals surface area contributed by atoms with Gasteiger partial charge in [-0.25, -0.2) is 4.79 Å². The van der Waals surface area contributed by atoms with E-state index in [0.29, 0.717) is 11.3 Å². The monoisotopic (exact) mass is 430 g/mol. The smallest absolute Gasteiger partial charge is 0.338 e. The van der Waals surface area contributed by atoms with Crippen LogP contribution in [-0.2, 0) is 14.3 Å². The van der Waals surface area contributed by atoms with Gasteiger partial charge in [0.15, 0.2) is 6.61 Å². The highest BCUT2D eigenvalue weighted by molar-refractivity contribution is 6.19. The second kappa shape index (κ2) is 8.63. The zero-order chi connectivity index (χ0) is 22.8. The topological polar surface area (TPSA) is 85.7 Å². The van der Waals surface area contributed by atoms with E-state index in [1.807, 2.05) is 48.7 Å². The van der Waals surface area contributed by atoms with Crippen molar-refractivity contribution in [2.45, 2.75) is 26.7 Å². The molecule has 7 nitrogen and oxygen atoms in total. The molecular formula is C25H22N2O5. The van der Waals surface area contributed by atoms with Gasteiger partial charge in [-0.05, 0) is 56.3 Å². The molecular weight excluding hydrogens is 408 g/mol. The van der Waals surface area contributed by atoms with Crippen LogP contribution < -0.4 is 4.90 Å². The number of ether oxygens (including phenoxy) is 1. The summed E-state index contributed by atoms with van der Waals surface area (Å²) in [4.78, 5) is 49.9. The molecule has 0 aliphatic carbocycles. The van der Waals surface area contributed by atoms with Crippen molar-refractivity contribution < 1.29 is 23.9 Å². The number of Topliss-reactive ketones (excluding diaryl/α,β-unsaturated/α-hetero) is 1. The predicted molar refractivity (Wildman–Crippen MR) is 118 cm³/mol. The zero-order valence-electron chi connectivity index (χ0n) is 17.8. The van der Waals surface area contributed by atoms with Gasteiger partial charge in [0.05, 0.1) is 11.3 Å². The number of aromatic nitrogens is 1. The highest BCUT2D eigenvalue weighted by Gasteiger charge is 2.30. The lowest BCUT2D eigenvalue weighted by molar-refractivity contribution is -0.121. The van der Waals surface area contributed by atoms with Crippen molar-refractivity contribution in [1.82, 2.24) is 4.57 Å². The standard InChI is InChI=1S/C25H22N2O5/c1-16-14-21(17(2)26(16)19-6-4-3-5-7-19)22(28)15-32-25(31)18-8-10-20(11-9-18)27-23(29)12-13-24(27)30/h3-11,14H,12-13,15H2,1-2H3. The van der Waals surface area contributed by atoms with Gasteiger partial charge in [-0.3, -0.25) is 19.3 Å². The molecule has 1 aliphatic rings. The number of para-hydroxylation sites is 1. The molecule has 0 bridgehead atoms. The van der Waals surface area contributed by atoms with Crippen molar-refractivity contribution in [3.63, 3.8) is 0 Å². The summed E-state index contributed by atoms with van der Waals surface area (Å²) in [6.45, 7) is 3.39. The number of anilines is 1. The first-order chi connectivity index (χ1) is 15.4. The molecule has 2 heterocycles. The Morgan fingerprint density at radius 2 is 1.50 bits per heavy atom. The third kappa shape index (κ3) is 3.97. The number of imide groups is 1. The first-order valence-electron chi connectivity index (χ1n) is 10.3. The number of hydrogen-bond acceptors (Lipinski definition) is 5. The van der Waals surface area contributed by atoms with Gasteiger partial charge in [-0.2, -0.15) is 0 Å². The number of carbonyl (C=O) groups is 4. The predicted octanol–water partition coefficient (Wildman–Crippen LogP) is 3.79. The maximum absolute atomic E-state index is 12.7. The van der Waals surface area contributed by atoms with Crippen LogP contribution in [0.5, 0.6) is 0 Å². The van der Waals surface area contributed by atoms with Crippen LogP contribution in [0.15, 0.2) is 60.7 Å². The van der Waals surface area contributed by atoms with Crippen molar-refractivity contribution in [2.24, 2.45) is 0 Å². The fraction of sp³-hybridized carbons (Fsp3) is 0.200. The fourth-order valence-corrected chi connectivity index (χ4v) is 3.92. The molecule has 1 saturated heterocycles. The van der Waals surface area contributed by atoms with E-state index >= 15 is 0 Å². The number of benzene rings is 2. The van der Waals surface area contributed by atoms with Crippen LogP contribution in [0, 0.1) is 13.8 Å². The third-order valence-electron chi connectivity index (χ3n) is 5.49. The van der Waals surface area contributed by atoms with E-state index in [9.17, 15) is 19.2 Å². The number of rotatable bonds is 6. The molecule has 7 heteroatoms. The van der Waals surface area contributed by atoms with Crippen molar-refractivity contribution in [1.29, 1.82) is 0 Å². The Bertz CT molecular complexity index is 1190. The Labute approximate surface area is 185 Å². The average molecular weight is 430 g/mol. The Kier molecular flexibility index (Phi) is 5.73. The molecule has 0 saturated carbocycles. The summed E-state index contributed by atoms with van der Waals surface area (Å²) in [6.07, 6.45) is 0.380. The lowest BCUT2D eigenvalue weighted by Gasteiger charge is -2.14. The molecule has 1 aromatic heterocycles. The van der Waals surface area contributed by atoms with Gasteiger partial charge in [-0.15, -0.1) is 0 Å². The van der Waals surface area contributed by atoms with Crippen LogP contribution in [0.3, 0.4) is 0 Å². The summed E-state index contributed by atoms with van der Waals surface area (Å²) >= 11 is 0. The minimum absolute atomic E-state index is 0.190. The molecule has 3 aromatic rings. The number of esters is 1. The fourth-order valence-electron chi connectivity index (χ4n) is 3.92. The van der Waals surface area contributed by atoms with Crippen LogP contribution in [0.1, 0.15) is 44.9 Å². The van der Waals surface area contributed by atoms with Gasteiger partial charge in [0.2, 0.25) is 17.6 Å². The summed E-state index contributed by atoms with van der Waals surface area (Å²) in [5.74, 6) is -1.47. The van der Waals surface area contributed by atoms with E-state index in [2.05, 4.69) is 0 Å². The van der Waals surface area contributed by atoms with Crippen molar-refractivity contribution in [3.8, 4) is 5.69 Å². The molecule has 0 radical (unpaired) electrons. The largest absolute Gasteiger partial charge is 0.454 e. The number of nitrogens with zero attached hydrogens (tertiary/aromatic N) is 2. The van der Waals surface area contributed by atoms with Crippen molar-refractivity contribution >= 4 is 29.3 Å². The molecule has 0 unspecified atom stereocenters. The van der Waals surface area contributed by atoms with Gasteiger partial charge in [0.1, 0.15) is 0 Å². The Morgan fingerprint density at radius 1 is 0.875 bits per heavy atom. The molecule has 162 valence electrons. The normalized spacial score (nSPS) is 13.5. The van der Waals surface area contributed by atoms with Crippen LogP contribution in [-0.4, -0.2) is 34.7 Å². The van der Waals surface area contributed by atoms with E-state index in [-0.39, 0.29) is 42.6 Å². The van der Waals surface area contributed by atoms with Gasteiger partial charge in [0, 0.05) is 35.5 Å². The Hall–Kier alpha value is -4.00. The molecule has 0 atom stereocenters. The van der Waals surface area contributed by atoms with Gasteiger partial charge in [0.25, 0.3) is 0 Å². The van der Waals surface area contributed by atoms with E-state index in [4.69, 9.17) is 4.74 Å². The molecule has 2 aromatic carbocycles. The average Bonchev–Trinajstić information content (AvgIpc) is 3.29. The number of hydrogen-bond donors (Lipinski definition) is 0. The number of aryl methyl sites for hydroxylation is 1. The summed E-state index contributed by atoms with van der Waals surface area (Å²) in [5.41, 5.74) is 3.78. The number of carbonyl (C=O) groups excluding carboxylic acids is 4. The van der Waals surface area contributed by atoms with Crippen molar-refractivity contribution in [3.05, 3.63) is 83.2 Å². The molecule has 0 N–H and O–H groups in total. The second-order valence-corrected chi connectivity index (χ2v) is 7.62. The molecule has 4 rings (SSSR count). The Balaban J connectivity index is 1.43.